The molecule has 3 aromatic carbocycles. The molecule has 0 radical (unpaired) electrons. The van der Waals surface area contributed by atoms with E-state index in [-0.39, 0.29) is 5.91 Å². The molecule has 6 nitrogen and oxygen atoms in total. The number of benzene rings is 3. The smallest absolute Gasteiger partial charge is 0.271 e. The number of hydrogen-bond acceptors (Lipinski definition) is 4. The average molecular weight is 446 g/mol. The zero-order valence-corrected chi connectivity index (χ0v) is 18.5. The summed E-state index contributed by atoms with van der Waals surface area (Å²) in [4.78, 5) is 12.6. The monoisotopic (exact) mass is 445 g/mol. The summed E-state index contributed by atoms with van der Waals surface area (Å²) in [5, 5.41) is 16.3. The second-order valence-corrected chi connectivity index (χ2v) is 7.64. The van der Waals surface area contributed by atoms with Crippen molar-refractivity contribution in [3.05, 3.63) is 126 Å². The van der Waals surface area contributed by atoms with Crippen LogP contribution in [0.1, 0.15) is 27.0 Å². The van der Waals surface area contributed by atoms with E-state index in [9.17, 15) is 4.79 Å². The van der Waals surface area contributed by atoms with Gasteiger partial charge in [-0.05, 0) is 35.4 Å². The van der Waals surface area contributed by atoms with Gasteiger partial charge in [0.25, 0.3) is 5.91 Å². The Balaban J connectivity index is 1.48. The van der Waals surface area contributed by atoms with Gasteiger partial charge in [-0.2, -0.15) is 10.4 Å². The molecule has 4 aromatic rings. The minimum Gasteiger partial charge on any atom is -0.342 e. The largest absolute Gasteiger partial charge is 0.342 e. The Morgan fingerprint density at radius 3 is 2.68 bits per heavy atom. The molecule has 2 N–H and O–H groups in total. The van der Waals surface area contributed by atoms with E-state index < -0.39 is 0 Å². The van der Waals surface area contributed by atoms with E-state index in [1.807, 2.05) is 54.9 Å². The Kier molecular flexibility index (Phi) is 6.97. The molecule has 1 aromatic heterocycles. The van der Waals surface area contributed by atoms with E-state index >= 15 is 0 Å². The van der Waals surface area contributed by atoms with Crippen molar-refractivity contribution in [3.8, 4) is 6.19 Å². The summed E-state index contributed by atoms with van der Waals surface area (Å²) in [6, 6.07) is 25.5. The topological polar surface area (TPSA) is 82.2 Å². The Morgan fingerprint density at radius 2 is 1.85 bits per heavy atom. The average Bonchev–Trinajstić information content (AvgIpc) is 3.21. The molecule has 0 unspecified atom stereocenters. The molecular formula is C28H23N5O. The summed E-state index contributed by atoms with van der Waals surface area (Å²) in [5.41, 5.74) is 7.59. The third-order valence-electron chi connectivity index (χ3n) is 5.23. The summed E-state index contributed by atoms with van der Waals surface area (Å²) in [6.45, 7) is 4.46. The fraction of sp³-hybridized carbons (Fsp3) is 0.0357. The summed E-state index contributed by atoms with van der Waals surface area (Å²) in [7, 11) is 0. The third-order valence-corrected chi connectivity index (χ3v) is 5.23. The van der Waals surface area contributed by atoms with Gasteiger partial charge in [-0.3, -0.25) is 10.1 Å². The van der Waals surface area contributed by atoms with E-state index in [1.165, 1.54) is 5.56 Å². The van der Waals surface area contributed by atoms with Gasteiger partial charge in [0, 0.05) is 40.5 Å². The standard InChI is InChI=1S/C28H23N5O/c1-21(30-20-29)14-15-22-10-7-11-24(16-22)28(34)32-31-17-25-19-33(18-23-8-3-2-4-9-23)27-13-6-5-12-26(25)27/h2-17,19,30H,1,18H2,(H,32,34)/b15-14+,31-17+. The van der Waals surface area contributed by atoms with Crippen LogP contribution in [0.25, 0.3) is 17.0 Å². The minimum absolute atomic E-state index is 0.312. The molecule has 6 heteroatoms. The summed E-state index contributed by atoms with van der Waals surface area (Å²) in [6.07, 6.45) is 8.97. The van der Waals surface area contributed by atoms with Crippen LogP contribution >= 0.6 is 0 Å². The van der Waals surface area contributed by atoms with Crippen LogP contribution < -0.4 is 10.7 Å². The SMILES string of the molecule is C=C(/C=C/c1cccc(C(=O)N/N=C/c2cn(Cc3ccccc3)c3ccccc23)c1)NC#N. The predicted molar refractivity (Wildman–Crippen MR) is 136 cm³/mol. The second kappa shape index (κ2) is 10.6. The highest BCUT2D eigenvalue weighted by molar-refractivity contribution is 6.00. The van der Waals surface area contributed by atoms with Crippen LogP contribution in [0.4, 0.5) is 0 Å². The number of nitrogens with zero attached hydrogens (tertiary/aromatic N) is 3. The number of aromatic nitrogens is 1. The van der Waals surface area contributed by atoms with Crippen LogP contribution in [-0.4, -0.2) is 16.7 Å². The van der Waals surface area contributed by atoms with Gasteiger partial charge in [-0.25, -0.2) is 5.43 Å². The first kappa shape index (κ1) is 22.3. The van der Waals surface area contributed by atoms with Crippen molar-refractivity contribution in [1.82, 2.24) is 15.3 Å². The van der Waals surface area contributed by atoms with E-state index in [4.69, 9.17) is 5.26 Å². The maximum absolute atomic E-state index is 12.6. The molecule has 0 aliphatic heterocycles. The third kappa shape index (κ3) is 5.47. The number of amides is 1. The van der Waals surface area contributed by atoms with Crippen LogP contribution in [0.15, 0.2) is 109 Å². The van der Waals surface area contributed by atoms with E-state index in [2.05, 4.69) is 45.2 Å². The molecule has 0 bridgehead atoms. The predicted octanol–water partition coefficient (Wildman–Crippen LogP) is 5.05. The van der Waals surface area contributed by atoms with Crippen LogP contribution in [0.5, 0.6) is 0 Å². The fourth-order valence-electron chi connectivity index (χ4n) is 3.61. The van der Waals surface area contributed by atoms with Crippen molar-refractivity contribution in [2.45, 2.75) is 6.54 Å². The molecule has 0 spiro atoms. The van der Waals surface area contributed by atoms with Gasteiger partial charge in [0.2, 0.25) is 0 Å². The molecule has 4 rings (SSSR count). The number of hydrazone groups is 1. The van der Waals surface area contributed by atoms with Gasteiger partial charge in [-0.15, -0.1) is 0 Å². The van der Waals surface area contributed by atoms with Gasteiger partial charge in [0.05, 0.1) is 6.21 Å². The molecule has 1 amide bonds. The number of fused-ring (bicyclic) bond motifs is 1. The molecular weight excluding hydrogens is 422 g/mol. The molecule has 0 atom stereocenters. The number of nitriles is 1. The van der Waals surface area contributed by atoms with Crippen LogP contribution in [-0.2, 0) is 6.54 Å². The summed E-state index contributed by atoms with van der Waals surface area (Å²) in [5.74, 6) is -0.312. The highest BCUT2D eigenvalue weighted by Gasteiger charge is 2.08. The minimum atomic E-state index is -0.312. The quantitative estimate of drug-likeness (QED) is 0.131. The Bertz CT molecular complexity index is 1420. The van der Waals surface area contributed by atoms with Crippen molar-refractivity contribution < 1.29 is 4.79 Å². The van der Waals surface area contributed by atoms with E-state index in [0.29, 0.717) is 11.3 Å². The van der Waals surface area contributed by atoms with Gasteiger partial charge in [0.15, 0.2) is 6.19 Å². The molecule has 166 valence electrons. The number of rotatable bonds is 8. The maximum Gasteiger partial charge on any atom is 0.271 e. The molecule has 0 saturated heterocycles. The maximum atomic E-state index is 12.6. The molecule has 0 fully saturated rings. The Hall–Kier alpha value is -4.89. The first-order valence-electron chi connectivity index (χ1n) is 10.7. The van der Waals surface area contributed by atoms with Crippen molar-refractivity contribution in [2.75, 3.05) is 0 Å². The van der Waals surface area contributed by atoms with E-state index in [1.54, 1.807) is 36.6 Å². The van der Waals surface area contributed by atoms with Gasteiger partial charge in [0.1, 0.15) is 0 Å². The lowest BCUT2D eigenvalue weighted by Gasteiger charge is -2.05. The molecule has 0 saturated carbocycles. The van der Waals surface area contributed by atoms with Crippen LogP contribution in [0.3, 0.4) is 0 Å². The first-order valence-corrected chi connectivity index (χ1v) is 10.7. The number of carbonyl (C=O) groups excluding carboxylic acids is 1. The number of allylic oxidation sites excluding steroid dienone is 1. The van der Waals surface area contributed by atoms with Crippen molar-refractivity contribution in [2.24, 2.45) is 5.10 Å². The zero-order chi connectivity index (χ0) is 23.8. The van der Waals surface area contributed by atoms with Crippen molar-refractivity contribution in [3.63, 3.8) is 0 Å². The summed E-state index contributed by atoms with van der Waals surface area (Å²) < 4.78 is 2.18. The fourth-order valence-corrected chi connectivity index (χ4v) is 3.61. The second-order valence-electron chi connectivity index (χ2n) is 7.64. The van der Waals surface area contributed by atoms with Crippen LogP contribution in [0, 0.1) is 11.5 Å². The molecule has 1 heterocycles. The lowest BCUT2D eigenvalue weighted by molar-refractivity contribution is 0.0955. The van der Waals surface area contributed by atoms with Crippen LogP contribution in [0.2, 0.25) is 0 Å². The van der Waals surface area contributed by atoms with E-state index in [0.717, 1.165) is 28.6 Å². The van der Waals surface area contributed by atoms with Gasteiger partial charge in [-0.1, -0.05) is 73.3 Å². The summed E-state index contributed by atoms with van der Waals surface area (Å²) >= 11 is 0. The first-order chi connectivity index (χ1) is 16.6. The Morgan fingerprint density at radius 1 is 1.06 bits per heavy atom. The highest BCUT2D eigenvalue weighted by Crippen LogP contribution is 2.21. The molecule has 0 aliphatic carbocycles. The lowest BCUT2D eigenvalue weighted by Crippen LogP contribution is -2.17. The van der Waals surface area contributed by atoms with Crippen molar-refractivity contribution in [1.29, 1.82) is 5.26 Å². The highest BCUT2D eigenvalue weighted by atomic mass is 16.2. The Labute approximate surface area is 198 Å². The molecule has 34 heavy (non-hydrogen) atoms. The van der Waals surface area contributed by atoms with Gasteiger partial charge >= 0.3 is 0 Å². The zero-order valence-electron chi connectivity index (χ0n) is 18.5. The number of hydrogen-bond donors (Lipinski definition) is 2. The lowest BCUT2D eigenvalue weighted by atomic mass is 10.1. The van der Waals surface area contributed by atoms with Crippen molar-refractivity contribution >= 4 is 29.1 Å². The normalized spacial score (nSPS) is 11.0. The number of carbonyl (C=O) groups is 1. The van der Waals surface area contributed by atoms with Gasteiger partial charge < -0.3 is 4.57 Å². The molecule has 0 aliphatic rings. The number of para-hydroxylation sites is 1. The number of nitrogens with one attached hydrogen (secondary N) is 2.